The summed E-state index contributed by atoms with van der Waals surface area (Å²) in [7, 11) is 0. The van der Waals surface area contributed by atoms with Crippen molar-refractivity contribution >= 4 is 35.3 Å². The number of benzene rings is 1. The molecule has 0 aliphatic heterocycles. The van der Waals surface area contributed by atoms with Gasteiger partial charge in [-0.05, 0) is 31.4 Å². The van der Waals surface area contributed by atoms with Crippen molar-refractivity contribution in [3.8, 4) is 5.75 Å². The van der Waals surface area contributed by atoms with E-state index in [1.807, 2.05) is 44.2 Å². The molecule has 1 aromatic heterocycles. The normalized spacial score (nSPS) is 10.8. The number of hydrogen-bond acceptors (Lipinski definition) is 7. The first-order valence-corrected chi connectivity index (χ1v) is 11.2. The lowest BCUT2D eigenvalue weighted by Gasteiger charge is -2.06. The van der Waals surface area contributed by atoms with Crippen LogP contribution in [0.4, 0.5) is 0 Å². The Labute approximate surface area is 186 Å². The zero-order valence-corrected chi connectivity index (χ0v) is 19.0. The zero-order valence-electron chi connectivity index (χ0n) is 18.1. The number of rotatable bonds is 11. The van der Waals surface area contributed by atoms with Crippen LogP contribution in [-0.4, -0.2) is 31.1 Å². The molecule has 31 heavy (non-hydrogen) atoms. The summed E-state index contributed by atoms with van der Waals surface area (Å²) < 4.78 is 16.0. The molecule has 0 bridgehead atoms. The Kier molecular flexibility index (Phi) is 9.97. The molecule has 7 heteroatoms. The van der Waals surface area contributed by atoms with E-state index in [1.165, 1.54) is 6.08 Å². The Bertz CT molecular complexity index is 914. The molecule has 0 fully saturated rings. The van der Waals surface area contributed by atoms with Crippen molar-refractivity contribution in [1.82, 2.24) is 0 Å². The van der Waals surface area contributed by atoms with Gasteiger partial charge in [-0.15, -0.1) is 11.3 Å². The molecule has 0 amide bonds. The third-order valence-corrected chi connectivity index (χ3v) is 5.57. The molecular weight excluding hydrogens is 416 g/mol. The molecule has 0 saturated heterocycles. The molecule has 0 radical (unpaired) electrons. The summed E-state index contributed by atoms with van der Waals surface area (Å²) >= 11 is 0.924. The number of carbonyl (C=O) groups excluding carboxylic acids is 3. The second-order valence-corrected chi connectivity index (χ2v) is 7.88. The van der Waals surface area contributed by atoms with Crippen LogP contribution in [0.3, 0.4) is 0 Å². The van der Waals surface area contributed by atoms with Crippen LogP contribution in [0.25, 0.3) is 6.08 Å². The van der Waals surface area contributed by atoms with E-state index in [-0.39, 0.29) is 28.7 Å². The van der Waals surface area contributed by atoms with Crippen molar-refractivity contribution in [2.45, 2.75) is 46.5 Å². The van der Waals surface area contributed by atoms with Crippen molar-refractivity contribution in [2.75, 3.05) is 13.2 Å². The van der Waals surface area contributed by atoms with Crippen molar-refractivity contribution < 1.29 is 28.6 Å². The van der Waals surface area contributed by atoms with Crippen LogP contribution >= 0.6 is 11.3 Å². The van der Waals surface area contributed by atoms with Gasteiger partial charge < -0.3 is 14.2 Å². The zero-order chi connectivity index (χ0) is 22.6. The lowest BCUT2D eigenvalue weighted by atomic mass is 10.2. The number of ether oxygens (including phenoxy) is 3. The van der Waals surface area contributed by atoms with E-state index < -0.39 is 17.9 Å². The van der Waals surface area contributed by atoms with E-state index in [2.05, 4.69) is 0 Å². The standard InChI is InChI=1S/C24H28O6S/c1-4-6-15-28-23(26)21-17(3)20(22(31-21)24(27)29-16-7-5-2)30-19(25)14-13-18-11-9-8-10-12-18/h8-14H,4-7,15-16H2,1-3H3. The highest BCUT2D eigenvalue weighted by atomic mass is 32.1. The highest BCUT2D eigenvalue weighted by Crippen LogP contribution is 2.36. The van der Waals surface area contributed by atoms with Crippen LogP contribution in [0, 0.1) is 6.92 Å². The van der Waals surface area contributed by atoms with Crippen molar-refractivity contribution in [2.24, 2.45) is 0 Å². The predicted molar refractivity (Wildman–Crippen MR) is 121 cm³/mol. The van der Waals surface area contributed by atoms with Crippen LogP contribution in [0.15, 0.2) is 36.4 Å². The first kappa shape index (κ1) is 24.3. The van der Waals surface area contributed by atoms with E-state index in [0.717, 1.165) is 42.6 Å². The SMILES string of the molecule is CCCCOC(=O)c1sc(C(=O)OCCCC)c(OC(=O)C=Cc2ccccc2)c1C. The van der Waals surface area contributed by atoms with E-state index in [1.54, 1.807) is 13.0 Å². The average molecular weight is 445 g/mol. The minimum atomic E-state index is -0.654. The molecule has 0 saturated carbocycles. The fourth-order valence-corrected chi connectivity index (χ4v) is 3.58. The van der Waals surface area contributed by atoms with Gasteiger partial charge in [0.05, 0.1) is 13.2 Å². The summed E-state index contributed by atoms with van der Waals surface area (Å²) in [6, 6.07) is 9.28. The number of hydrogen-bond donors (Lipinski definition) is 0. The third kappa shape index (κ3) is 7.36. The van der Waals surface area contributed by atoms with Gasteiger partial charge in [0.15, 0.2) is 10.6 Å². The molecule has 0 unspecified atom stereocenters. The average Bonchev–Trinajstić information content (AvgIpc) is 3.09. The largest absolute Gasteiger partial charge is 0.461 e. The van der Waals surface area contributed by atoms with Crippen molar-refractivity contribution in [3.05, 3.63) is 57.3 Å². The van der Waals surface area contributed by atoms with Gasteiger partial charge in [-0.3, -0.25) is 0 Å². The molecule has 0 spiro atoms. The highest BCUT2D eigenvalue weighted by Gasteiger charge is 2.28. The highest BCUT2D eigenvalue weighted by molar-refractivity contribution is 7.16. The maximum Gasteiger partial charge on any atom is 0.352 e. The summed E-state index contributed by atoms with van der Waals surface area (Å²) in [5.41, 5.74) is 1.22. The fourth-order valence-electron chi connectivity index (χ4n) is 2.56. The van der Waals surface area contributed by atoms with Gasteiger partial charge in [-0.2, -0.15) is 0 Å². The van der Waals surface area contributed by atoms with Gasteiger partial charge in [0.2, 0.25) is 0 Å². The monoisotopic (exact) mass is 444 g/mol. The second kappa shape index (κ2) is 12.7. The minimum Gasteiger partial charge on any atom is -0.461 e. The van der Waals surface area contributed by atoms with E-state index in [4.69, 9.17) is 14.2 Å². The fraction of sp³-hybridized carbons (Fsp3) is 0.375. The molecule has 0 aliphatic rings. The van der Waals surface area contributed by atoms with E-state index in [0.29, 0.717) is 5.56 Å². The lowest BCUT2D eigenvalue weighted by molar-refractivity contribution is -0.128. The lowest BCUT2D eigenvalue weighted by Crippen LogP contribution is -2.10. The maximum atomic E-state index is 12.6. The molecule has 6 nitrogen and oxygen atoms in total. The summed E-state index contributed by atoms with van der Waals surface area (Å²) in [5, 5.41) is 0. The Balaban J connectivity index is 2.24. The predicted octanol–water partition coefficient (Wildman–Crippen LogP) is 5.59. The topological polar surface area (TPSA) is 78.9 Å². The smallest absolute Gasteiger partial charge is 0.352 e. The maximum absolute atomic E-state index is 12.6. The Morgan fingerprint density at radius 2 is 1.48 bits per heavy atom. The Morgan fingerprint density at radius 3 is 2.06 bits per heavy atom. The number of carbonyl (C=O) groups is 3. The summed E-state index contributed by atoms with van der Waals surface area (Å²) in [6.07, 6.45) is 6.12. The van der Waals surface area contributed by atoms with Gasteiger partial charge in [0, 0.05) is 11.6 Å². The number of esters is 3. The third-order valence-electron chi connectivity index (χ3n) is 4.34. The van der Waals surface area contributed by atoms with Crippen LogP contribution in [0.2, 0.25) is 0 Å². The second-order valence-electron chi connectivity index (χ2n) is 6.86. The molecule has 0 aliphatic carbocycles. The van der Waals surface area contributed by atoms with Crippen molar-refractivity contribution in [1.29, 1.82) is 0 Å². The Hall–Kier alpha value is -2.93. The van der Waals surface area contributed by atoms with Crippen LogP contribution < -0.4 is 4.74 Å². The number of unbranched alkanes of at least 4 members (excludes halogenated alkanes) is 2. The van der Waals surface area contributed by atoms with Crippen LogP contribution in [0.1, 0.15) is 70.0 Å². The molecule has 1 heterocycles. The summed E-state index contributed by atoms with van der Waals surface area (Å²) in [4.78, 5) is 37.7. The van der Waals surface area contributed by atoms with Gasteiger partial charge in [0.25, 0.3) is 0 Å². The summed E-state index contributed by atoms with van der Waals surface area (Å²) in [6.45, 7) is 6.15. The molecular formula is C24H28O6S. The molecule has 2 aromatic rings. The first-order chi connectivity index (χ1) is 15.0. The quantitative estimate of drug-likeness (QED) is 0.255. The molecule has 0 atom stereocenters. The number of thiophene rings is 1. The Morgan fingerprint density at radius 1 is 0.903 bits per heavy atom. The van der Waals surface area contributed by atoms with Gasteiger partial charge in [0.1, 0.15) is 4.88 Å². The molecule has 1 aromatic carbocycles. The van der Waals surface area contributed by atoms with E-state index in [9.17, 15) is 14.4 Å². The van der Waals surface area contributed by atoms with Crippen molar-refractivity contribution in [3.63, 3.8) is 0 Å². The van der Waals surface area contributed by atoms with Gasteiger partial charge >= 0.3 is 17.9 Å². The first-order valence-electron chi connectivity index (χ1n) is 10.4. The van der Waals surface area contributed by atoms with Crippen LogP contribution in [-0.2, 0) is 14.3 Å². The molecule has 0 N–H and O–H groups in total. The van der Waals surface area contributed by atoms with Crippen LogP contribution in [0.5, 0.6) is 5.75 Å². The minimum absolute atomic E-state index is 0.0386. The van der Waals surface area contributed by atoms with Gasteiger partial charge in [-0.1, -0.05) is 57.0 Å². The molecule has 166 valence electrons. The van der Waals surface area contributed by atoms with E-state index >= 15 is 0 Å². The molecule has 2 rings (SSSR count). The summed E-state index contributed by atoms with van der Waals surface area (Å²) in [5.74, 6) is -1.78. The van der Waals surface area contributed by atoms with Gasteiger partial charge in [-0.25, -0.2) is 14.4 Å².